The largest absolute Gasteiger partial charge is 0.507 e. The van der Waals surface area contributed by atoms with Crippen molar-refractivity contribution in [3.8, 4) is 18.6 Å². The van der Waals surface area contributed by atoms with Crippen molar-refractivity contribution in [2.45, 2.75) is 6.92 Å². The molecule has 0 aliphatic rings. The standard InChI is InChI=1S/C20H18O2.C2H2.2H2O.2Y/c1-2-14-7-3-5-9-16(14)18(13-21)20-17-10-6-4-8-15(17)11-12-19(20)22;1-2;;;;/h2-12,21-22H,13H2,1H3;1-2H;2*1H2;;/b14-2-,18-16+;;;;;. The van der Waals surface area contributed by atoms with Crippen molar-refractivity contribution in [2.75, 3.05) is 6.61 Å². The van der Waals surface area contributed by atoms with E-state index in [4.69, 9.17) is 0 Å². The molecule has 0 aliphatic carbocycles. The Morgan fingerprint density at radius 2 is 1.46 bits per heavy atom. The van der Waals surface area contributed by atoms with E-state index >= 15 is 0 Å². The Hall–Kier alpha value is -0.892. The van der Waals surface area contributed by atoms with E-state index in [2.05, 4.69) is 12.8 Å². The van der Waals surface area contributed by atoms with Crippen LogP contribution in [0.4, 0.5) is 0 Å². The minimum atomic E-state index is -0.133. The van der Waals surface area contributed by atoms with Gasteiger partial charge in [0.2, 0.25) is 0 Å². The van der Waals surface area contributed by atoms with Gasteiger partial charge in [-0.15, -0.1) is 12.8 Å². The molecule has 0 atom stereocenters. The maximum atomic E-state index is 10.4. The van der Waals surface area contributed by atoms with Crippen LogP contribution in [-0.2, 0) is 65.4 Å². The number of aromatic hydroxyl groups is 1. The third kappa shape index (κ3) is 6.86. The molecule has 3 aromatic rings. The Morgan fingerprint density at radius 1 is 0.893 bits per heavy atom. The van der Waals surface area contributed by atoms with Crippen LogP contribution in [-0.4, -0.2) is 27.8 Å². The summed E-state index contributed by atoms with van der Waals surface area (Å²) in [4.78, 5) is 0. The molecule has 4 nitrogen and oxygen atoms in total. The Labute approximate surface area is 215 Å². The van der Waals surface area contributed by atoms with E-state index in [1.165, 1.54) is 0 Å². The van der Waals surface area contributed by atoms with E-state index in [1.54, 1.807) is 6.07 Å². The number of hydrogen-bond acceptors (Lipinski definition) is 2. The predicted molar refractivity (Wildman–Crippen MR) is 108 cm³/mol. The SMILES string of the molecule is C#C.C/C=c1/cccc/c1=C(/CO)c1c(O)ccc2ccccc12.O.O.[Y].[Y]. The van der Waals surface area contributed by atoms with E-state index < -0.39 is 0 Å². The summed E-state index contributed by atoms with van der Waals surface area (Å²) in [7, 11) is 0. The summed E-state index contributed by atoms with van der Waals surface area (Å²) in [6.45, 7) is 1.84. The minimum absolute atomic E-state index is 0. The summed E-state index contributed by atoms with van der Waals surface area (Å²) < 4.78 is 0. The summed E-state index contributed by atoms with van der Waals surface area (Å²) in [5.74, 6) is 0.189. The van der Waals surface area contributed by atoms with Crippen LogP contribution in [0.2, 0.25) is 0 Å². The van der Waals surface area contributed by atoms with Crippen LogP contribution in [0, 0.1) is 12.8 Å². The fourth-order valence-electron chi connectivity index (χ4n) is 2.90. The van der Waals surface area contributed by atoms with E-state index in [0.29, 0.717) is 5.56 Å². The van der Waals surface area contributed by atoms with Gasteiger partial charge in [0.1, 0.15) is 5.75 Å². The van der Waals surface area contributed by atoms with E-state index in [-0.39, 0.29) is 88.7 Å². The average molecular weight is 530 g/mol. The van der Waals surface area contributed by atoms with Crippen molar-refractivity contribution in [3.05, 3.63) is 76.7 Å². The maximum Gasteiger partial charge on any atom is 0.123 e. The van der Waals surface area contributed by atoms with Gasteiger partial charge in [-0.05, 0) is 39.8 Å². The molecule has 0 saturated carbocycles. The number of terminal acetylenes is 1. The topological polar surface area (TPSA) is 103 Å². The second kappa shape index (κ2) is 16.0. The van der Waals surface area contributed by atoms with E-state index in [1.807, 2.05) is 67.6 Å². The molecule has 0 bridgehead atoms. The smallest absolute Gasteiger partial charge is 0.123 e. The third-order valence-corrected chi connectivity index (χ3v) is 3.96. The molecular formula is C22H24O4Y2. The first-order valence-electron chi connectivity index (χ1n) is 7.66. The molecule has 0 amide bonds. The van der Waals surface area contributed by atoms with Crippen molar-refractivity contribution in [1.29, 1.82) is 0 Å². The van der Waals surface area contributed by atoms with Gasteiger partial charge in [0.25, 0.3) is 0 Å². The van der Waals surface area contributed by atoms with Crippen LogP contribution in [0.1, 0.15) is 12.5 Å². The monoisotopic (exact) mass is 530 g/mol. The minimum Gasteiger partial charge on any atom is -0.507 e. The number of benzene rings is 3. The molecule has 0 aliphatic heterocycles. The van der Waals surface area contributed by atoms with Crippen LogP contribution in [0.15, 0.2) is 60.7 Å². The molecule has 142 valence electrons. The first-order chi connectivity index (χ1) is 11.8. The summed E-state index contributed by atoms with van der Waals surface area (Å²) in [5.41, 5.74) is 1.44. The first kappa shape index (κ1) is 31.8. The second-order valence-electron chi connectivity index (χ2n) is 5.19. The Kier molecular flexibility index (Phi) is 18.1. The quantitative estimate of drug-likeness (QED) is 0.486. The Balaban J connectivity index is -0.00000101. The van der Waals surface area contributed by atoms with Gasteiger partial charge in [0.05, 0.1) is 6.61 Å². The van der Waals surface area contributed by atoms with Crippen molar-refractivity contribution < 1.29 is 86.6 Å². The molecule has 6 heteroatoms. The summed E-state index contributed by atoms with van der Waals surface area (Å²) in [5, 5.41) is 24.3. The number of phenolic OH excluding ortho intramolecular Hbond substituents is 1. The molecule has 3 aromatic carbocycles. The van der Waals surface area contributed by atoms with Gasteiger partial charge in [-0.2, -0.15) is 0 Å². The van der Waals surface area contributed by atoms with E-state index in [0.717, 1.165) is 26.8 Å². The molecule has 0 saturated heterocycles. The molecule has 3 rings (SSSR count). The van der Waals surface area contributed by atoms with Crippen molar-refractivity contribution in [1.82, 2.24) is 0 Å². The van der Waals surface area contributed by atoms with Gasteiger partial charge in [0.15, 0.2) is 0 Å². The number of fused-ring (bicyclic) bond motifs is 1. The fourth-order valence-corrected chi connectivity index (χ4v) is 2.90. The zero-order valence-corrected chi connectivity index (χ0v) is 21.4. The van der Waals surface area contributed by atoms with Crippen molar-refractivity contribution in [3.63, 3.8) is 0 Å². The van der Waals surface area contributed by atoms with Crippen LogP contribution in [0.5, 0.6) is 5.75 Å². The van der Waals surface area contributed by atoms with Gasteiger partial charge in [-0.25, -0.2) is 0 Å². The zero-order valence-electron chi connectivity index (χ0n) is 15.8. The molecule has 0 fully saturated rings. The number of aliphatic hydroxyl groups excluding tert-OH is 1. The molecule has 0 spiro atoms. The molecular weight excluding hydrogens is 506 g/mol. The third-order valence-electron chi connectivity index (χ3n) is 3.96. The predicted octanol–water partition coefficient (Wildman–Crippen LogP) is 1.13. The van der Waals surface area contributed by atoms with Crippen molar-refractivity contribution in [2.24, 2.45) is 0 Å². The molecule has 0 unspecified atom stereocenters. The van der Waals surface area contributed by atoms with Gasteiger partial charge in [-0.1, -0.05) is 60.7 Å². The molecule has 6 N–H and O–H groups in total. The number of rotatable bonds is 2. The number of hydrogen-bond donors (Lipinski definition) is 2. The summed E-state index contributed by atoms with van der Waals surface area (Å²) in [6.07, 6.45) is 10.0. The first-order valence-corrected chi connectivity index (χ1v) is 7.66. The van der Waals surface area contributed by atoms with Gasteiger partial charge in [-0.3, -0.25) is 0 Å². The van der Waals surface area contributed by atoms with Gasteiger partial charge >= 0.3 is 0 Å². The fraction of sp³-hybridized carbons (Fsp3) is 0.0909. The second-order valence-corrected chi connectivity index (χ2v) is 5.19. The maximum absolute atomic E-state index is 10.4. The van der Waals surface area contributed by atoms with Gasteiger partial charge < -0.3 is 21.2 Å². The van der Waals surface area contributed by atoms with Crippen LogP contribution in [0.25, 0.3) is 22.4 Å². The molecule has 0 heterocycles. The Morgan fingerprint density at radius 3 is 2.07 bits per heavy atom. The Bertz CT molecular complexity index is 998. The molecule has 0 aromatic heterocycles. The van der Waals surface area contributed by atoms with E-state index in [9.17, 15) is 10.2 Å². The zero-order chi connectivity index (χ0) is 17.5. The number of aliphatic hydroxyl groups is 1. The van der Waals surface area contributed by atoms with Gasteiger partial charge in [0, 0.05) is 71.0 Å². The van der Waals surface area contributed by atoms with Crippen molar-refractivity contribution >= 4 is 22.4 Å². The normalized spacial score (nSPS) is 10.6. The van der Waals surface area contributed by atoms with Crippen LogP contribution in [0.3, 0.4) is 0 Å². The van der Waals surface area contributed by atoms with Crippen LogP contribution < -0.4 is 10.4 Å². The number of phenols is 1. The molecule has 28 heavy (non-hydrogen) atoms. The molecule has 2 radical (unpaired) electrons. The summed E-state index contributed by atoms with van der Waals surface area (Å²) >= 11 is 0. The average Bonchev–Trinajstić information content (AvgIpc) is 2.66. The summed E-state index contributed by atoms with van der Waals surface area (Å²) in [6, 6.07) is 19.4. The van der Waals surface area contributed by atoms with Crippen LogP contribution >= 0.6 is 0 Å².